The highest BCUT2D eigenvalue weighted by atomic mass is 15.2. The number of nitrogens with one attached hydrogen (secondary N) is 1. The van der Waals surface area contributed by atoms with Crippen LogP contribution in [0.1, 0.15) is 37.6 Å². The van der Waals surface area contributed by atoms with Gasteiger partial charge in [-0.05, 0) is 39.2 Å². The minimum Gasteiger partial charge on any atom is -0.287 e. The number of aromatic nitrogens is 2. The van der Waals surface area contributed by atoms with E-state index in [4.69, 9.17) is 0 Å². The molecule has 0 bridgehead atoms. The molecule has 0 spiro atoms. The predicted molar refractivity (Wildman–Crippen MR) is 84.4 cm³/mol. The van der Waals surface area contributed by atoms with Gasteiger partial charge in [0.2, 0.25) is 0 Å². The van der Waals surface area contributed by atoms with Crippen molar-refractivity contribution in [3.05, 3.63) is 54.4 Å². The van der Waals surface area contributed by atoms with Crippen LogP contribution in [-0.2, 0) is 6.54 Å². The summed E-state index contributed by atoms with van der Waals surface area (Å²) in [6, 6.07) is 3.06. The zero-order valence-corrected chi connectivity index (χ0v) is 12.6. The molecular weight excluding hydrogens is 246 g/mol. The molecular formula is C17H25N3. The van der Waals surface area contributed by atoms with Crippen molar-refractivity contribution in [3.8, 4) is 0 Å². The molecule has 3 heteroatoms. The highest BCUT2D eigenvalue weighted by Crippen LogP contribution is 2.28. The van der Waals surface area contributed by atoms with Crippen LogP contribution < -0.4 is 0 Å². The van der Waals surface area contributed by atoms with E-state index in [1.165, 1.54) is 5.57 Å². The average Bonchev–Trinajstić information content (AvgIpc) is 2.80. The largest absolute Gasteiger partial charge is 0.287 e. The summed E-state index contributed by atoms with van der Waals surface area (Å²) in [5.41, 5.74) is 3.70. The maximum absolute atomic E-state index is 4.38. The van der Waals surface area contributed by atoms with Crippen LogP contribution in [-0.4, -0.2) is 27.2 Å². The molecule has 0 saturated carbocycles. The van der Waals surface area contributed by atoms with Crippen LogP contribution in [0.25, 0.3) is 0 Å². The molecule has 0 aromatic carbocycles. The van der Waals surface area contributed by atoms with E-state index in [9.17, 15) is 0 Å². The fourth-order valence-electron chi connectivity index (χ4n) is 3.03. The van der Waals surface area contributed by atoms with Crippen molar-refractivity contribution in [2.24, 2.45) is 0 Å². The summed E-state index contributed by atoms with van der Waals surface area (Å²) in [7, 11) is 0. The smallest absolute Gasteiger partial charge is 0.0765 e. The lowest BCUT2D eigenvalue weighted by Gasteiger charge is -2.40. The SMILES string of the molecule is C=CC[C@@H]1CC(C)=C[C@@H](CC=C)N1Cc1cc(C)[nH]n1. The first kappa shape index (κ1) is 14.8. The number of aromatic amines is 1. The number of rotatable bonds is 6. The zero-order valence-electron chi connectivity index (χ0n) is 12.6. The molecule has 1 aromatic heterocycles. The van der Waals surface area contributed by atoms with Gasteiger partial charge >= 0.3 is 0 Å². The number of aryl methyl sites for hydroxylation is 1. The lowest BCUT2D eigenvalue weighted by atomic mass is 9.92. The lowest BCUT2D eigenvalue weighted by Crippen LogP contribution is -2.44. The summed E-state index contributed by atoms with van der Waals surface area (Å²) in [6.45, 7) is 13.0. The van der Waals surface area contributed by atoms with Crippen molar-refractivity contribution in [3.63, 3.8) is 0 Å². The van der Waals surface area contributed by atoms with E-state index in [-0.39, 0.29) is 0 Å². The van der Waals surface area contributed by atoms with Crippen LogP contribution in [0.2, 0.25) is 0 Å². The van der Waals surface area contributed by atoms with E-state index in [1.54, 1.807) is 0 Å². The fourth-order valence-corrected chi connectivity index (χ4v) is 3.03. The van der Waals surface area contributed by atoms with Gasteiger partial charge in [-0.1, -0.05) is 23.8 Å². The standard InChI is InChI=1S/C17H25N3/c1-5-7-16-9-13(3)10-17(8-6-2)20(16)12-15-11-14(4)18-19-15/h5-6,9,11,16-17H,1-2,7-8,10,12H2,3-4H3,(H,18,19)/t16-,17-/m1/s1. The Bertz CT molecular complexity index is 498. The Morgan fingerprint density at radius 3 is 2.70 bits per heavy atom. The van der Waals surface area contributed by atoms with Crippen molar-refractivity contribution in [1.82, 2.24) is 15.1 Å². The molecule has 1 aliphatic rings. The second-order valence-corrected chi connectivity index (χ2v) is 5.70. The van der Waals surface area contributed by atoms with E-state index in [1.807, 2.05) is 19.1 Å². The van der Waals surface area contributed by atoms with E-state index in [0.717, 1.165) is 37.2 Å². The van der Waals surface area contributed by atoms with Crippen LogP contribution in [0.3, 0.4) is 0 Å². The Morgan fingerprint density at radius 1 is 1.35 bits per heavy atom. The normalized spacial score (nSPS) is 23.4. The van der Waals surface area contributed by atoms with Crippen LogP contribution in [0.15, 0.2) is 43.0 Å². The summed E-state index contributed by atoms with van der Waals surface area (Å²) in [6.07, 6.45) is 9.52. The molecule has 3 nitrogen and oxygen atoms in total. The highest BCUT2D eigenvalue weighted by molar-refractivity contribution is 5.16. The maximum atomic E-state index is 4.38. The summed E-state index contributed by atoms with van der Waals surface area (Å²) in [4.78, 5) is 2.53. The van der Waals surface area contributed by atoms with Crippen LogP contribution >= 0.6 is 0 Å². The molecule has 2 heterocycles. The Hall–Kier alpha value is -1.61. The van der Waals surface area contributed by atoms with Gasteiger partial charge in [0.1, 0.15) is 0 Å². The van der Waals surface area contributed by atoms with Gasteiger partial charge in [-0.3, -0.25) is 10.00 Å². The Morgan fingerprint density at radius 2 is 2.10 bits per heavy atom. The topological polar surface area (TPSA) is 31.9 Å². The molecule has 2 atom stereocenters. The number of H-pyrrole nitrogens is 1. The second kappa shape index (κ2) is 6.71. The molecule has 20 heavy (non-hydrogen) atoms. The minimum atomic E-state index is 0.420. The van der Waals surface area contributed by atoms with E-state index < -0.39 is 0 Å². The first-order chi connectivity index (χ1) is 9.63. The van der Waals surface area contributed by atoms with Crippen molar-refractivity contribution in [1.29, 1.82) is 0 Å². The first-order valence-corrected chi connectivity index (χ1v) is 7.29. The number of hydrogen-bond donors (Lipinski definition) is 1. The molecule has 0 amide bonds. The van der Waals surface area contributed by atoms with Gasteiger partial charge in [-0.15, -0.1) is 13.2 Å². The predicted octanol–water partition coefficient (Wildman–Crippen LogP) is 3.76. The van der Waals surface area contributed by atoms with Gasteiger partial charge < -0.3 is 0 Å². The van der Waals surface area contributed by atoms with Crippen LogP contribution in [0, 0.1) is 6.92 Å². The summed E-state index contributed by atoms with van der Waals surface area (Å²) >= 11 is 0. The van der Waals surface area contributed by atoms with Crippen LogP contribution in [0.4, 0.5) is 0 Å². The van der Waals surface area contributed by atoms with Crippen LogP contribution in [0.5, 0.6) is 0 Å². The molecule has 1 aromatic rings. The third-order valence-electron chi connectivity index (χ3n) is 3.88. The maximum Gasteiger partial charge on any atom is 0.0765 e. The summed E-state index contributed by atoms with van der Waals surface area (Å²) < 4.78 is 0. The summed E-state index contributed by atoms with van der Waals surface area (Å²) in [5.74, 6) is 0. The lowest BCUT2D eigenvalue weighted by molar-refractivity contribution is 0.136. The minimum absolute atomic E-state index is 0.420. The molecule has 0 saturated heterocycles. The molecule has 0 radical (unpaired) electrons. The molecule has 108 valence electrons. The van der Waals surface area contributed by atoms with Gasteiger partial charge in [0.15, 0.2) is 0 Å². The Labute approximate surface area is 122 Å². The van der Waals surface area contributed by atoms with Crippen molar-refractivity contribution < 1.29 is 0 Å². The zero-order chi connectivity index (χ0) is 14.5. The number of hydrogen-bond acceptors (Lipinski definition) is 2. The second-order valence-electron chi connectivity index (χ2n) is 5.70. The first-order valence-electron chi connectivity index (χ1n) is 7.29. The Kier molecular flexibility index (Phi) is 4.96. The average molecular weight is 271 g/mol. The third-order valence-corrected chi connectivity index (χ3v) is 3.88. The third kappa shape index (κ3) is 3.48. The Balaban J connectivity index is 2.21. The van der Waals surface area contributed by atoms with Gasteiger partial charge in [0, 0.05) is 24.3 Å². The van der Waals surface area contributed by atoms with Gasteiger partial charge in [0.25, 0.3) is 0 Å². The monoisotopic (exact) mass is 271 g/mol. The molecule has 2 rings (SSSR count). The van der Waals surface area contributed by atoms with Gasteiger partial charge in [-0.25, -0.2) is 0 Å². The van der Waals surface area contributed by atoms with E-state index in [2.05, 4.69) is 47.3 Å². The molecule has 0 unspecified atom stereocenters. The molecule has 1 N–H and O–H groups in total. The van der Waals surface area contributed by atoms with Gasteiger partial charge in [-0.2, -0.15) is 5.10 Å². The fraction of sp³-hybridized carbons (Fsp3) is 0.471. The van der Waals surface area contributed by atoms with Crippen molar-refractivity contribution >= 4 is 0 Å². The molecule has 0 aliphatic carbocycles. The number of nitrogens with zero attached hydrogens (tertiary/aromatic N) is 2. The van der Waals surface area contributed by atoms with E-state index >= 15 is 0 Å². The molecule has 1 aliphatic heterocycles. The van der Waals surface area contributed by atoms with Crippen molar-refractivity contribution in [2.45, 2.75) is 51.7 Å². The van der Waals surface area contributed by atoms with Gasteiger partial charge in [0.05, 0.1) is 5.69 Å². The van der Waals surface area contributed by atoms with Crippen molar-refractivity contribution in [2.75, 3.05) is 0 Å². The summed E-state index contributed by atoms with van der Waals surface area (Å²) in [5, 5.41) is 7.41. The molecule has 0 fully saturated rings. The highest BCUT2D eigenvalue weighted by Gasteiger charge is 2.28. The quantitative estimate of drug-likeness (QED) is 0.799. The van der Waals surface area contributed by atoms with E-state index in [0.29, 0.717) is 12.1 Å².